The maximum Gasteiger partial charge on any atom is 0.143 e. The zero-order valence-electron chi connectivity index (χ0n) is 12.5. The van der Waals surface area contributed by atoms with E-state index in [1.54, 1.807) is 20.3 Å². The Balaban J connectivity index is 2.32. The van der Waals surface area contributed by atoms with Gasteiger partial charge in [0.05, 0.1) is 31.0 Å². The van der Waals surface area contributed by atoms with Gasteiger partial charge in [-0.15, -0.1) is 0 Å². The van der Waals surface area contributed by atoms with Crippen LogP contribution in [0.3, 0.4) is 0 Å². The minimum absolute atomic E-state index is 0.200. The smallest absolute Gasteiger partial charge is 0.143 e. The van der Waals surface area contributed by atoms with Crippen LogP contribution in [0.2, 0.25) is 5.02 Å². The van der Waals surface area contributed by atoms with Crippen molar-refractivity contribution in [1.29, 1.82) is 0 Å². The van der Waals surface area contributed by atoms with E-state index in [1.807, 2.05) is 24.3 Å². The van der Waals surface area contributed by atoms with E-state index in [2.05, 4.69) is 24.4 Å². The fraction of sp³-hybridized carbons (Fsp3) is 0.294. The molecule has 2 aromatic rings. The predicted octanol–water partition coefficient (Wildman–Crippen LogP) is 4.92. The fourth-order valence-corrected chi connectivity index (χ4v) is 2.50. The third kappa shape index (κ3) is 3.61. The van der Waals surface area contributed by atoms with Crippen LogP contribution in [0.15, 0.2) is 42.5 Å². The van der Waals surface area contributed by atoms with Crippen LogP contribution in [-0.2, 0) is 0 Å². The summed E-state index contributed by atoms with van der Waals surface area (Å²) in [6.07, 6.45) is 0.956. The summed E-state index contributed by atoms with van der Waals surface area (Å²) in [7, 11) is 3.23. The number of ether oxygens (including phenoxy) is 2. The number of hydrogen-bond donors (Lipinski definition) is 1. The quantitative estimate of drug-likeness (QED) is 0.821. The molecule has 0 saturated heterocycles. The van der Waals surface area contributed by atoms with Crippen molar-refractivity contribution in [3.8, 4) is 11.5 Å². The van der Waals surface area contributed by atoms with Crippen LogP contribution in [0.1, 0.15) is 24.9 Å². The summed E-state index contributed by atoms with van der Waals surface area (Å²) < 4.78 is 10.7. The summed E-state index contributed by atoms with van der Waals surface area (Å²) in [6, 6.07) is 14.2. The highest BCUT2D eigenvalue weighted by molar-refractivity contribution is 6.32. The van der Waals surface area contributed by atoms with E-state index in [4.69, 9.17) is 21.1 Å². The van der Waals surface area contributed by atoms with Gasteiger partial charge in [-0.2, -0.15) is 0 Å². The number of halogens is 1. The summed E-state index contributed by atoms with van der Waals surface area (Å²) in [5.41, 5.74) is 2.10. The van der Waals surface area contributed by atoms with Crippen molar-refractivity contribution in [2.75, 3.05) is 19.5 Å². The Kier molecular flexibility index (Phi) is 5.34. The van der Waals surface area contributed by atoms with Crippen LogP contribution in [0.5, 0.6) is 11.5 Å². The standard InChI is InChI=1S/C17H20ClNO2/c1-4-14(12-8-6-5-7-9-12)19-15-11-16(20-2)13(18)10-17(15)21-3/h5-11,14,19H,4H2,1-3H3. The van der Waals surface area contributed by atoms with E-state index in [0.717, 1.165) is 12.1 Å². The van der Waals surface area contributed by atoms with Gasteiger partial charge in [-0.1, -0.05) is 48.9 Å². The Labute approximate surface area is 130 Å². The molecular weight excluding hydrogens is 286 g/mol. The number of hydrogen-bond acceptors (Lipinski definition) is 3. The zero-order valence-corrected chi connectivity index (χ0v) is 13.3. The van der Waals surface area contributed by atoms with Gasteiger partial charge in [0.25, 0.3) is 0 Å². The van der Waals surface area contributed by atoms with Crippen molar-refractivity contribution in [3.63, 3.8) is 0 Å². The van der Waals surface area contributed by atoms with Crippen molar-refractivity contribution < 1.29 is 9.47 Å². The molecule has 2 aromatic carbocycles. The van der Waals surface area contributed by atoms with E-state index < -0.39 is 0 Å². The molecule has 0 bridgehead atoms. The van der Waals surface area contributed by atoms with Gasteiger partial charge in [0, 0.05) is 12.1 Å². The lowest BCUT2D eigenvalue weighted by Crippen LogP contribution is -2.10. The van der Waals surface area contributed by atoms with E-state index in [1.165, 1.54) is 5.56 Å². The van der Waals surface area contributed by atoms with Gasteiger partial charge in [0.15, 0.2) is 0 Å². The first-order valence-electron chi connectivity index (χ1n) is 6.92. The van der Waals surface area contributed by atoms with Crippen LogP contribution >= 0.6 is 11.6 Å². The summed E-state index contributed by atoms with van der Waals surface area (Å²) >= 11 is 6.13. The molecule has 0 aromatic heterocycles. The minimum Gasteiger partial charge on any atom is -0.495 e. The second-order valence-corrected chi connectivity index (χ2v) is 5.11. The van der Waals surface area contributed by atoms with Crippen LogP contribution in [0.25, 0.3) is 0 Å². The van der Waals surface area contributed by atoms with E-state index in [-0.39, 0.29) is 6.04 Å². The molecule has 4 heteroatoms. The largest absolute Gasteiger partial charge is 0.495 e. The molecule has 112 valence electrons. The SMILES string of the molecule is CCC(Nc1cc(OC)c(Cl)cc1OC)c1ccccc1. The minimum atomic E-state index is 0.200. The number of nitrogens with one attached hydrogen (secondary N) is 1. The van der Waals surface area contributed by atoms with Gasteiger partial charge in [0.2, 0.25) is 0 Å². The van der Waals surface area contributed by atoms with Gasteiger partial charge in [-0.3, -0.25) is 0 Å². The summed E-state index contributed by atoms with van der Waals surface area (Å²) in [6.45, 7) is 2.14. The highest BCUT2D eigenvalue weighted by atomic mass is 35.5. The van der Waals surface area contributed by atoms with Gasteiger partial charge in [0.1, 0.15) is 11.5 Å². The molecule has 0 aliphatic rings. The number of benzene rings is 2. The lowest BCUT2D eigenvalue weighted by molar-refractivity contribution is 0.404. The number of rotatable bonds is 6. The van der Waals surface area contributed by atoms with Crippen molar-refractivity contribution in [1.82, 2.24) is 0 Å². The van der Waals surface area contributed by atoms with Crippen LogP contribution < -0.4 is 14.8 Å². The van der Waals surface area contributed by atoms with Crippen LogP contribution in [-0.4, -0.2) is 14.2 Å². The van der Waals surface area contributed by atoms with Crippen molar-refractivity contribution in [2.45, 2.75) is 19.4 Å². The molecule has 0 fully saturated rings. The fourth-order valence-electron chi connectivity index (χ4n) is 2.27. The highest BCUT2D eigenvalue weighted by Crippen LogP contribution is 2.37. The lowest BCUT2D eigenvalue weighted by Gasteiger charge is -2.21. The molecule has 0 aliphatic carbocycles. The summed E-state index contributed by atoms with van der Waals surface area (Å²) in [5, 5.41) is 4.04. The van der Waals surface area contributed by atoms with Crippen LogP contribution in [0, 0.1) is 0 Å². The van der Waals surface area contributed by atoms with Crippen molar-refractivity contribution in [2.24, 2.45) is 0 Å². The summed E-state index contributed by atoms with van der Waals surface area (Å²) in [4.78, 5) is 0. The van der Waals surface area contributed by atoms with Crippen molar-refractivity contribution in [3.05, 3.63) is 53.1 Å². The third-order valence-corrected chi connectivity index (χ3v) is 3.71. The highest BCUT2D eigenvalue weighted by Gasteiger charge is 2.14. The maximum absolute atomic E-state index is 6.13. The van der Waals surface area contributed by atoms with Gasteiger partial charge >= 0.3 is 0 Å². The Bertz CT molecular complexity index is 587. The average Bonchev–Trinajstić information content (AvgIpc) is 2.54. The molecule has 1 N–H and O–H groups in total. The molecule has 0 spiro atoms. The van der Waals surface area contributed by atoms with Crippen molar-refractivity contribution >= 4 is 17.3 Å². The van der Waals surface area contributed by atoms with E-state index in [9.17, 15) is 0 Å². The Hall–Kier alpha value is -1.87. The molecule has 0 amide bonds. The second-order valence-electron chi connectivity index (χ2n) is 4.70. The molecular formula is C17H20ClNO2. The van der Waals surface area contributed by atoms with E-state index >= 15 is 0 Å². The first-order chi connectivity index (χ1) is 10.2. The van der Waals surface area contributed by atoms with Gasteiger partial charge < -0.3 is 14.8 Å². The molecule has 0 saturated carbocycles. The lowest BCUT2D eigenvalue weighted by atomic mass is 10.0. The monoisotopic (exact) mass is 305 g/mol. The number of methoxy groups -OCH3 is 2. The molecule has 1 atom stereocenters. The molecule has 21 heavy (non-hydrogen) atoms. The Morgan fingerprint density at radius 3 is 2.29 bits per heavy atom. The zero-order chi connectivity index (χ0) is 15.2. The van der Waals surface area contributed by atoms with Gasteiger partial charge in [-0.05, 0) is 12.0 Å². The van der Waals surface area contributed by atoms with Gasteiger partial charge in [-0.25, -0.2) is 0 Å². The van der Waals surface area contributed by atoms with Crippen LogP contribution in [0.4, 0.5) is 5.69 Å². The summed E-state index contributed by atoms with van der Waals surface area (Å²) in [5.74, 6) is 1.33. The first kappa shape index (κ1) is 15.5. The maximum atomic E-state index is 6.13. The first-order valence-corrected chi connectivity index (χ1v) is 7.30. The van der Waals surface area contributed by atoms with E-state index in [0.29, 0.717) is 16.5 Å². The molecule has 0 radical (unpaired) electrons. The molecule has 1 unspecified atom stereocenters. The number of anilines is 1. The average molecular weight is 306 g/mol. The molecule has 2 rings (SSSR count). The molecule has 3 nitrogen and oxygen atoms in total. The predicted molar refractivity (Wildman–Crippen MR) is 87.7 cm³/mol. The Morgan fingerprint density at radius 2 is 1.71 bits per heavy atom. The molecule has 0 heterocycles. The second kappa shape index (κ2) is 7.23. The normalized spacial score (nSPS) is 11.8. The molecule has 0 aliphatic heterocycles. The Morgan fingerprint density at radius 1 is 1.05 bits per heavy atom. The topological polar surface area (TPSA) is 30.5 Å². The third-order valence-electron chi connectivity index (χ3n) is 3.41.